The smallest absolute Gasteiger partial charge is 0.221 e. The van der Waals surface area contributed by atoms with E-state index in [-0.39, 0.29) is 12.5 Å². The SMILES string of the molecule is Cc1ccn(CCC(=O)NC[C@@]2(O)CCCN(c3ccccn3)C2)n1. The van der Waals surface area contributed by atoms with E-state index in [4.69, 9.17) is 0 Å². The van der Waals surface area contributed by atoms with E-state index in [1.165, 1.54) is 0 Å². The molecule has 3 rings (SSSR count). The summed E-state index contributed by atoms with van der Waals surface area (Å²) in [5.74, 6) is 0.789. The van der Waals surface area contributed by atoms with E-state index in [1.807, 2.05) is 37.4 Å². The van der Waals surface area contributed by atoms with E-state index in [2.05, 4.69) is 20.3 Å². The summed E-state index contributed by atoms with van der Waals surface area (Å²) in [5.41, 5.74) is 0.0137. The third kappa shape index (κ3) is 4.79. The molecule has 0 bridgehead atoms. The highest BCUT2D eigenvalue weighted by molar-refractivity contribution is 5.75. The standard InChI is InChI=1S/C18H25N5O2/c1-15-6-11-23(21-15)12-7-17(24)20-13-18(25)8-4-10-22(14-18)16-5-2-3-9-19-16/h2-3,5-6,9,11,25H,4,7-8,10,12-14H2,1H3,(H,20,24)/t18-/m0/s1. The first-order valence-electron chi connectivity index (χ1n) is 8.69. The van der Waals surface area contributed by atoms with Crippen LogP contribution < -0.4 is 10.2 Å². The van der Waals surface area contributed by atoms with Gasteiger partial charge >= 0.3 is 0 Å². The molecule has 1 atom stereocenters. The Kier molecular flexibility index (Phi) is 5.33. The summed E-state index contributed by atoms with van der Waals surface area (Å²) < 4.78 is 1.76. The molecule has 1 saturated heterocycles. The topological polar surface area (TPSA) is 83.3 Å². The zero-order valence-corrected chi connectivity index (χ0v) is 14.6. The van der Waals surface area contributed by atoms with Gasteiger partial charge in [0, 0.05) is 45.0 Å². The number of aliphatic hydroxyl groups is 1. The second-order valence-electron chi connectivity index (χ2n) is 6.68. The molecule has 0 aliphatic carbocycles. The molecule has 2 N–H and O–H groups in total. The van der Waals surface area contributed by atoms with Crippen molar-refractivity contribution < 1.29 is 9.90 Å². The zero-order chi connectivity index (χ0) is 17.7. The van der Waals surface area contributed by atoms with Crippen LogP contribution in [0.4, 0.5) is 5.82 Å². The third-order valence-corrected chi connectivity index (χ3v) is 4.49. The van der Waals surface area contributed by atoms with Crippen LogP contribution in [0.3, 0.4) is 0 Å². The molecule has 1 amide bonds. The van der Waals surface area contributed by atoms with Crippen LogP contribution in [0.5, 0.6) is 0 Å². The van der Waals surface area contributed by atoms with Gasteiger partial charge in [-0.3, -0.25) is 9.48 Å². The van der Waals surface area contributed by atoms with Gasteiger partial charge in [0.1, 0.15) is 5.82 Å². The predicted molar refractivity (Wildman–Crippen MR) is 95.2 cm³/mol. The number of rotatable bonds is 6. The van der Waals surface area contributed by atoms with Gasteiger partial charge < -0.3 is 15.3 Å². The summed E-state index contributed by atoms with van der Waals surface area (Å²) in [5, 5.41) is 18.0. The zero-order valence-electron chi connectivity index (χ0n) is 14.6. The summed E-state index contributed by atoms with van der Waals surface area (Å²) in [4.78, 5) is 18.5. The van der Waals surface area contributed by atoms with Crippen molar-refractivity contribution in [1.82, 2.24) is 20.1 Å². The Balaban J connectivity index is 1.48. The summed E-state index contributed by atoms with van der Waals surface area (Å²) in [6.07, 6.45) is 5.51. The number of aromatic nitrogens is 3. The second kappa shape index (κ2) is 7.65. The number of hydrogen-bond donors (Lipinski definition) is 2. The number of pyridine rings is 1. The molecule has 0 saturated carbocycles. The predicted octanol–water partition coefficient (Wildman–Crippen LogP) is 1.12. The molecule has 1 aliphatic heterocycles. The van der Waals surface area contributed by atoms with Crippen LogP contribution in [0.15, 0.2) is 36.7 Å². The van der Waals surface area contributed by atoms with Gasteiger partial charge in [0.25, 0.3) is 0 Å². The molecule has 3 heterocycles. The minimum absolute atomic E-state index is 0.0727. The maximum Gasteiger partial charge on any atom is 0.221 e. The van der Waals surface area contributed by atoms with E-state index in [0.29, 0.717) is 25.9 Å². The molecule has 0 aromatic carbocycles. The Morgan fingerprint density at radius 1 is 1.40 bits per heavy atom. The Hall–Kier alpha value is -2.41. The number of carbonyl (C=O) groups is 1. The average molecular weight is 343 g/mol. The van der Waals surface area contributed by atoms with Crippen molar-refractivity contribution >= 4 is 11.7 Å². The molecule has 1 fully saturated rings. The highest BCUT2D eigenvalue weighted by atomic mass is 16.3. The van der Waals surface area contributed by atoms with Gasteiger partial charge in [0.15, 0.2) is 0 Å². The average Bonchev–Trinajstić information content (AvgIpc) is 3.04. The minimum Gasteiger partial charge on any atom is -0.386 e. The Morgan fingerprint density at radius 2 is 2.28 bits per heavy atom. The van der Waals surface area contributed by atoms with E-state index in [0.717, 1.165) is 24.5 Å². The fourth-order valence-corrected chi connectivity index (χ4v) is 3.15. The van der Waals surface area contributed by atoms with Crippen LogP contribution in [0.1, 0.15) is 25.0 Å². The van der Waals surface area contributed by atoms with Gasteiger partial charge in [-0.25, -0.2) is 4.98 Å². The molecular formula is C18H25N5O2. The van der Waals surface area contributed by atoms with Crippen LogP contribution in [-0.4, -0.2) is 51.0 Å². The first-order chi connectivity index (χ1) is 12.0. The molecule has 1 aliphatic rings. The van der Waals surface area contributed by atoms with E-state index in [1.54, 1.807) is 10.9 Å². The molecule has 134 valence electrons. The lowest BCUT2D eigenvalue weighted by molar-refractivity contribution is -0.122. The largest absolute Gasteiger partial charge is 0.386 e. The van der Waals surface area contributed by atoms with Crippen molar-refractivity contribution in [2.24, 2.45) is 0 Å². The normalized spacial score (nSPS) is 20.5. The Labute approximate surface area is 147 Å². The first kappa shape index (κ1) is 17.4. The molecule has 25 heavy (non-hydrogen) atoms. The van der Waals surface area contributed by atoms with Crippen molar-refractivity contribution in [2.75, 3.05) is 24.5 Å². The molecule has 7 nitrogen and oxygen atoms in total. The number of piperidine rings is 1. The third-order valence-electron chi connectivity index (χ3n) is 4.49. The number of amides is 1. The minimum atomic E-state index is -0.923. The molecule has 2 aromatic rings. The summed E-state index contributed by atoms with van der Waals surface area (Å²) >= 11 is 0. The lowest BCUT2D eigenvalue weighted by atomic mass is 9.92. The van der Waals surface area contributed by atoms with Gasteiger partial charge in [-0.1, -0.05) is 6.07 Å². The number of hydrogen-bond acceptors (Lipinski definition) is 5. The number of nitrogens with zero attached hydrogens (tertiary/aromatic N) is 4. The number of β-amino-alcohol motifs (C(OH)–C–C–N with tert-alkyl or cyclic N) is 1. The monoisotopic (exact) mass is 343 g/mol. The lowest BCUT2D eigenvalue weighted by Gasteiger charge is -2.39. The Morgan fingerprint density at radius 3 is 3.00 bits per heavy atom. The van der Waals surface area contributed by atoms with Gasteiger partial charge in [0.05, 0.1) is 11.3 Å². The van der Waals surface area contributed by atoms with Crippen LogP contribution in [-0.2, 0) is 11.3 Å². The summed E-state index contributed by atoms with van der Waals surface area (Å²) in [6, 6.07) is 7.67. The van der Waals surface area contributed by atoms with E-state index < -0.39 is 5.60 Å². The molecular weight excluding hydrogens is 318 g/mol. The van der Waals surface area contributed by atoms with Crippen LogP contribution in [0.25, 0.3) is 0 Å². The van der Waals surface area contributed by atoms with Crippen molar-refractivity contribution in [1.29, 1.82) is 0 Å². The van der Waals surface area contributed by atoms with E-state index >= 15 is 0 Å². The number of aryl methyl sites for hydroxylation is 2. The highest BCUT2D eigenvalue weighted by Gasteiger charge is 2.34. The fraction of sp³-hybridized carbons (Fsp3) is 0.500. The lowest BCUT2D eigenvalue weighted by Crippen LogP contribution is -2.54. The van der Waals surface area contributed by atoms with Gasteiger partial charge in [-0.2, -0.15) is 5.10 Å². The quantitative estimate of drug-likeness (QED) is 0.821. The number of anilines is 1. The fourth-order valence-electron chi connectivity index (χ4n) is 3.15. The molecule has 0 unspecified atom stereocenters. The van der Waals surface area contributed by atoms with Crippen LogP contribution in [0, 0.1) is 6.92 Å². The molecule has 0 radical (unpaired) electrons. The van der Waals surface area contributed by atoms with Crippen molar-refractivity contribution in [3.05, 3.63) is 42.4 Å². The van der Waals surface area contributed by atoms with Crippen molar-refractivity contribution in [3.63, 3.8) is 0 Å². The summed E-state index contributed by atoms with van der Waals surface area (Å²) in [6.45, 7) is 4.06. The molecule has 7 heteroatoms. The van der Waals surface area contributed by atoms with Crippen LogP contribution >= 0.6 is 0 Å². The van der Waals surface area contributed by atoms with Gasteiger partial charge in [-0.15, -0.1) is 0 Å². The Bertz CT molecular complexity index is 703. The van der Waals surface area contributed by atoms with Gasteiger partial charge in [-0.05, 0) is 38.0 Å². The maximum absolute atomic E-state index is 12.1. The van der Waals surface area contributed by atoms with Gasteiger partial charge in [0.2, 0.25) is 5.91 Å². The summed E-state index contributed by atoms with van der Waals surface area (Å²) in [7, 11) is 0. The van der Waals surface area contributed by atoms with Crippen molar-refractivity contribution in [2.45, 2.75) is 38.3 Å². The second-order valence-corrected chi connectivity index (χ2v) is 6.68. The van der Waals surface area contributed by atoms with Crippen LogP contribution in [0.2, 0.25) is 0 Å². The highest BCUT2D eigenvalue weighted by Crippen LogP contribution is 2.24. The number of carbonyl (C=O) groups excluding carboxylic acids is 1. The molecule has 0 spiro atoms. The number of nitrogens with one attached hydrogen (secondary N) is 1. The molecule has 2 aromatic heterocycles. The van der Waals surface area contributed by atoms with E-state index in [9.17, 15) is 9.90 Å². The first-order valence-corrected chi connectivity index (χ1v) is 8.69. The van der Waals surface area contributed by atoms with Crippen molar-refractivity contribution in [3.8, 4) is 0 Å². The maximum atomic E-state index is 12.1.